The molecular formula is C15H16N2O4. The van der Waals surface area contributed by atoms with E-state index >= 15 is 0 Å². The third kappa shape index (κ3) is 3.68. The summed E-state index contributed by atoms with van der Waals surface area (Å²) >= 11 is 0. The topological polar surface area (TPSA) is 92.4 Å². The van der Waals surface area contributed by atoms with E-state index in [0.717, 1.165) is 5.56 Å². The number of aromatic nitrogens is 1. The molecule has 0 fully saturated rings. The molecule has 1 aromatic heterocycles. The molecule has 2 rings (SSSR count). The summed E-state index contributed by atoms with van der Waals surface area (Å²) in [6.45, 7) is 1.85. The summed E-state index contributed by atoms with van der Waals surface area (Å²) in [6.07, 6.45) is 1.02. The van der Waals surface area contributed by atoms with Crippen LogP contribution in [-0.4, -0.2) is 28.2 Å². The van der Waals surface area contributed by atoms with Gasteiger partial charge in [-0.25, -0.2) is 4.79 Å². The molecule has 0 radical (unpaired) electrons. The Labute approximate surface area is 121 Å². The molecule has 0 saturated heterocycles. The average Bonchev–Trinajstić information content (AvgIpc) is 2.97. The minimum absolute atomic E-state index is 0.0659. The zero-order valence-electron chi connectivity index (χ0n) is 11.6. The zero-order valence-corrected chi connectivity index (χ0v) is 11.6. The fourth-order valence-electron chi connectivity index (χ4n) is 1.90. The monoisotopic (exact) mass is 288 g/mol. The van der Waals surface area contributed by atoms with Gasteiger partial charge in [0.2, 0.25) is 0 Å². The lowest BCUT2D eigenvalue weighted by Gasteiger charge is -2.11. The van der Waals surface area contributed by atoms with E-state index in [1.54, 1.807) is 0 Å². The molecule has 1 heterocycles. The number of carbonyl (C=O) groups excluding carboxylic acids is 1. The number of aliphatic carboxylic acids is 1. The molecule has 1 atom stereocenters. The SMILES string of the molecule is CCC[C@H](NC(=O)c1cc(-c2ccccc2)on1)C(=O)O. The third-order valence-corrected chi connectivity index (χ3v) is 2.98. The van der Waals surface area contributed by atoms with Gasteiger partial charge in [-0.1, -0.05) is 48.8 Å². The quantitative estimate of drug-likeness (QED) is 0.851. The molecule has 6 heteroatoms. The van der Waals surface area contributed by atoms with E-state index in [1.807, 2.05) is 37.3 Å². The smallest absolute Gasteiger partial charge is 0.326 e. The summed E-state index contributed by atoms with van der Waals surface area (Å²) in [5.41, 5.74) is 0.864. The number of rotatable bonds is 6. The summed E-state index contributed by atoms with van der Waals surface area (Å²) in [4.78, 5) is 23.0. The van der Waals surface area contributed by atoms with Gasteiger partial charge in [0.1, 0.15) is 6.04 Å². The maximum absolute atomic E-state index is 12.0. The van der Waals surface area contributed by atoms with Crippen LogP contribution in [0.2, 0.25) is 0 Å². The summed E-state index contributed by atoms with van der Waals surface area (Å²) in [6, 6.07) is 9.81. The summed E-state index contributed by atoms with van der Waals surface area (Å²) in [5.74, 6) is -1.15. The molecular weight excluding hydrogens is 272 g/mol. The van der Waals surface area contributed by atoms with Gasteiger partial charge in [0, 0.05) is 11.6 Å². The lowest BCUT2D eigenvalue weighted by molar-refractivity contribution is -0.139. The Hall–Kier alpha value is -2.63. The van der Waals surface area contributed by atoms with Gasteiger partial charge in [-0.2, -0.15) is 0 Å². The van der Waals surface area contributed by atoms with E-state index in [1.165, 1.54) is 6.07 Å². The van der Waals surface area contributed by atoms with Crippen molar-refractivity contribution in [2.75, 3.05) is 0 Å². The largest absolute Gasteiger partial charge is 0.480 e. The van der Waals surface area contributed by atoms with Crippen LogP contribution < -0.4 is 5.32 Å². The number of carboxylic acid groups (broad SMARTS) is 1. The molecule has 0 aliphatic rings. The highest BCUT2D eigenvalue weighted by Crippen LogP contribution is 2.19. The van der Waals surface area contributed by atoms with Crippen LogP contribution in [0.4, 0.5) is 0 Å². The molecule has 2 N–H and O–H groups in total. The van der Waals surface area contributed by atoms with Gasteiger partial charge in [0.15, 0.2) is 11.5 Å². The van der Waals surface area contributed by atoms with Crippen LogP contribution in [0.5, 0.6) is 0 Å². The molecule has 1 amide bonds. The van der Waals surface area contributed by atoms with Crippen molar-refractivity contribution in [3.8, 4) is 11.3 Å². The van der Waals surface area contributed by atoms with Crippen molar-refractivity contribution in [3.63, 3.8) is 0 Å². The second kappa shape index (κ2) is 6.69. The first-order valence-electron chi connectivity index (χ1n) is 6.67. The van der Waals surface area contributed by atoms with Crippen LogP contribution in [0.3, 0.4) is 0 Å². The van der Waals surface area contributed by atoms with Crippen molar-refractivity contribution in [1.29, 1.82) is 0 Å². The fourth-order valence-corrected chi connectivity index (χ4v) is 1.90. The Morgan fingerprint density at radius 1 is 1.33 bits per heavy atom. The first kappa shape index (κ1) is 14.8. The highest BCUT2D eigenvalue weighted by Gasteiger charge is 2.21. The van der Waals surface area contributed by atoms with E-state index in [0.29, 0.717) is 18.6 Å². The molecule has 0 aliphatic carbocycles. The molecule has 0 aliphatic heterocycles. The lowest BCUT2D eigenvalue weighted by Crippen LogP contribution is -2.40. The normalized spacial score (nSPS) is 11.9. The van der Waals surface area contributed by atoms with Gasteiger partial charge in [-0.05, 0) is 6.42 Å². The number of carboxylic acids is 1. The number of benzene rings is 1. The predicted octanol–water partition coefficient (Wildman–Crippen LogP) is 2.32. The minimum Gasteiger partial charge on any atom is -0.480 e. The van der Waals surface area contributed by atoms with Crippen molar-refractivity contribution in [2.24, 2.45) is 0 Å². The number of amides is 1. The Balaban J connectivity index is 2.10. The van der Waals surface area contributed by atoms with Crippen LogP contribution in [0, 0.1) is 0 Å². The van der Waals surface area contributed by atoms with Gasteiger partial charge in [0.05, 0.1) is 0 Å². The number of nitrogens with one attached hydrogen (secondary N) is 1. The molecule has 0 unspecified atom stereocenters. The Kier molecular flexibility index (Phi) is 4.71. The number of carbonyl (C=O) groups is 2. The number of hydrogen-bond acceptors (Lipinski definition) is 4. The van der Waals surface area contributed by atoms with E-state index in [4.69, 9.17) is 9.63 Å². The average molecular weight is 288 g/mol. The molecule has 0 saturated carbocycles. The van der Waals surface area contributed by atoms with Crippen LogP contribution >= 0.6 is 0 Å². The standard InChI is InChI=1S/C15H16N2O4/c1-2-6-11(15(19)20)16-14(18)12-9-13(21-17-12)10-7-4-3-5-8-10/h3-5,7-9,11H,2,6H2,1H3,(H,16,18)(H,19,20)/t11-/m0/s1. The van der Waals surface area contributed by atoms with Gasteiger partial charge >= 0.3 is 5.97 Å². The van der Waals surface area contributed by atoms with E-state index in [9.17, 15) is 9.59 Å². The van der Waals surface area contributed by atoms with Crippen LogP contribution in [0.1, 0.15) is 30.3 Å². The van der Waals surface area contributed by atoms with Crippen molar-refractivity contribution < 1.29 is 19.2 Å². The number of hydrogen-bond donors (Lipinski definition) is 2. The summed E-state index contributed by atoms with van der Waals surface area (Å²) < 4.78 is 5.12. The van der Waals surface area contributed by atoms with Crippen LogP contribution in [0.25, 0.3) is 11.3 Å². The first-order chi connectivity index (χ1) is 10.1. The molecule has 6 nitrogen and oxygen atoms in total. The Morgan fingerprint density at radius 2 is 2.05 bits per heavy atom. The Bertz CT molecular complexity index is 622. The maximum Gasteiger partial charge on any atom is 0.326 e. The summed E-state index contributed by atoms with van der Waals surface area (Å²) in [5, 5.41) is 15.1. The minimum atomic E-state index is -1.06. The van der Waals surface area contributed by atoms with Crippen molar-refractivity contribution in [2.45, 2.75) is 25.8 Å². The maximum atomic E-state index is 12.0. The second-order valence-corrected chi connectivity index (χ2v) is 4.60. The molecule has 0 bridgehead atoms. The number of nitrogens with zero attached hydrogens (tertiary/aromatic N) is 1. The molecule has 2 aromatic rings. The molecule has 21 heavy (non-hydrogen) atoms. The van der Waals surface area contributed by atoms with E-state index < -0.39 is 17.9 Å². The van der Waals surface area contributed by atoms with Crippen LogP contribution in [-0.2, 0) is 4.79 Å². The van der Waals surface area contributed by atoms with Crippen LogP contribution in [0.15, 0.2) is 40.9 Å². The van der Waals surface area contributed by atoms with Crippen molar-refractivity contribution in [3.05, 3.63) is 42.1 Å². The highest BCUT2D eigenvalue weighted by atomic mass is 16.5. The second-order valence-electron chi connectivity index (χ2n) is 4.60. The van der Waals surface area contributed by atoms with E-state index in [2.05, 4.69) is 10.5 Å². The zero-order chi connectivity index (χ0) is 15.2. The van der Waals surface area contributed by atoms with Gasteiger partial charge < -0.3 is 14.9 Å². The Morgan fingerprint density at radius 3 is 2.67 bits per heavy atom. The third-order valence-electron chi connectivity index (χ3n) is 2.98. The molecule has 110 valence electrons. The van der Waals surface area contributed by atoms with E-state index in [-0.39, 0.29) is 5.69 Å². The first-order valence-corrected chi connectivity index (χ1v) is 6.67. The van der Waals surface area contributed by atoms with Gasteiger partial charge in [-0.3, -0.25) is 4.79 Å². The lowest BCUT2D eigenvalue weighted by atomic mass is 10.1. The molecule has 0 spiro atoms. The van der Waals surface area contributed by atoms with Gasteiger partial charge in [-0.15, -0.1) is 0 Å². The van der Waals surface area contributed by atoms with Gasteiger partial charge in [0.25, 0.3) is 5.91 Å². The van der Waals surface area contributed by atoms with Crippen molar-refractivity contribution in [1.82, 2.24) is 10.5 Å². The fraction of sp³-hybridized carbons (Fsp3) is 0.267. The predicted molar refractivity (Wildman–Crippen MR) is 75.7 cm³/mol. The highest BCUT2D eigenvalue weighted by molar-refractivity contribution is 5.95. The molecule has 1 aromatic carbocycles. The summed E-state index contributed by atoms with van der Waals surface area (Å²) in [7, 11) is 0. The van der Waals surface area contributed by atoms with Crippen molar-refractivity contribution >= 4 is 11.9 Å².